The lowest BCUT2D eigenvalue weighted by atomic mass is 10.0. The average Bonchev–Trinajstić information content (AvgIpc) is 2.16. The molecule has 0 bridgehead atoms. The lowest BCUT2D eigenvalue weighted by Gasteiger charge is -2.11. The summed E-state index contributed by atoms with van der Waals surface area (Å²) in [7, 11) is 0. The molecule has 0 aromatic heterocycles. The molecule has 1 rings (SSSR count). The van der Waals surface area contributed by atoms with Gasteiger partial charge in [0.05, 0.1) is 0 Å². The van der Waals surface area contributed by atoms with Gasteiger partial charge in [-0.25, -0.2) is 0 Å². The molecule has 0 spiro atoms. The van der Waals surface area contributed by atoms with Crippen molar-refractivity contribution in [3.8, 4) is 0 Å². The van der Waals surface area contributed by atoms with E-state index in [2.05, 4.69) is 6.58 Å². The number of hydrogen-bond donors (Lipinski definition) is 2. The van der Waals surface area contributed by atoms with Crippen molar-refractivity contribution >= 4 is 5.91 Å². The summed E-state index contributed by atoms with van der Waals surface area (Å²) >= 11 is 0. The van der Waals surface area contributed by atoms with Crippen LogP contribution in [0.15, 0.2) is 36.4 Å². The number of aryl methyl sites for hydroxylation is 1. The van der Waals surface area contributed by atoms with Crippen molar-refractivity contribution in [3.05, 3.63) is 47.5 Å². The maximum absolute atomic E-state index is 10.7. The molecule has 0 saturated heterocycles. The van der Waals surface area contributed by atoms with Gasteiger partial charge >= 0.3 is 0 Å². The summed E-state index contributed by atoms with van der Waals surface area (Å²) in [6, 6.07) is 7.20. The van der Waals surface area contributed by atoms with Crippen LogP contribution in [-0.2, 0) is 4.79 Å². The molecule has 0 radical (unpaired) electrons. The molecule has 0 aliphatic heterocycles. The average molecular weight is 191 g/mol. The molecule has 1 aromatic carbocycles. The van der Waals surface area contributed by atoms with Gasteiger partial charge in [0.15, 0.2) is 0 Å². The van der Waals surface area contributed by atoms with Crippen molar-refractivity contribution in [3.63, 3.8) is 0 Å². The van der Waals surface area contributed by atoms with E-state index in [9.17, 15) is 9.90 Å². The van der Waals surface area contributed by atoms with Gasteiger partial charge in [0.2, 0.25) is 5.91 Å². The number of aliphatic hydroxyl groups excluding tert-OH is 1. The van der Waals surface area contributed by atoms with E-state index in [1.54, 1.807) is 12.1 Å². The Labute approximate surface area is 82.9 Å². The molecule has 0 saturated carbocycles. The van der Waals surface area contributed by atoms with Crippen LogP contribution in [0, 0.1) is 6.92 Å². The molecule has 0 unspecified atom stereocenters. The third-order valence-electron chi connectivity index (χ3n) is 2.04. The monoisotopic (exact) mass is 191 g/mol. The molecule has 3 N–H and O–H groups in total. The Kier molecular flexibility index (Phi) is 3.04. The number of carbonyl (C=O) groups is 1. The van der Waals surface area contributed by atoms with Crippen molar-refractivity contribution in [2.24, 2.45) is 5.73 Å². The fourth-order valence-corrected chi connectivity index (χ4v) is 1.08. The minimum absolute atomic E-state index is 0.00820. The number of amides is 1. The molecule has 1 aromatic rings. The lowest BCUT2D eigenvalue weighted by molar-refractivity contribution is -0.115. The largest absolute Gasteiger partial charge is 0.383 e. The van der Waals surface area contributed by atoms with E-state index in [0.29, 0.717) is 5.56 Å². The van der Waals surface area contributed by atoms with Gasteiger partial charge in [0.1, 0.15) is 6.10 Å². The first-order valence-corrected chi connectivity index (χ1v) is 4.25. The highest BCUT2D eigenvalue weighted by Crippen LogP contribution is 2.19. The molecule has 14 heavy (non-hydrogen) atoms. The number of primary amides is 1. The molecule has 0 fully saturated rings. The SMILES string of the molecule is C=C(C(N)=O)[C@@H](O)c1ccc(C)cc1. The predicted octanol–water partition coefficient (Wildman–Crippen LogP) is 1.07. The van der Waals surface area contributed by atoms with Gasteiger partial charge in [-0.3, -0.25) is 4.79 Å². The quantitative estimate of drug-likeness (QED) is 0.702. The van der Waals surface area contributed by atoms with Crippen LogP contribution in [0.3, 0.4) is 0 Å². The van der Waals surface area contributed by atoms with Gasteiger partial charge in [-0.15, -0.1) is 0 Å². The van der Waals surface area contributed by atoms with Crippen LogP contribution in [0.1, 0.15) is 17.2 Å². The number of rotatable bonds is 3. The van der Waals surface area contributed by atoms with E-state index in [-0.39, 0.29) is 5.57 Å². The van der Waals surface area contributed by atoms with Gasteiger partial charge in [0, 0.05) is 5.57 Å². The van der Waals surface area contributed by atoms with Crippen molar-refractivity contribution in [1.29, 1.82) is 0 Å². The molecule has 3 heteroatoms. The highest BCUT2D eigenvalue weighted by atomic mass is 16.3. The summed E-state index contributed by atoms with van der Waals surface area (Å²) < 4.78 is 0. The fourth-order valence-electron chi connectivity index (χ4n) is 1.08. The second kappa shape index (κ2) is 4.07. The van der Waals surface area contributed by atoms with E-state index < -0.39 is 12.0 Å². The van der Waals surface area contributed by atoms with Crippen molar-refractivity contribution in [2.75, 3.05) is 0 Å². The molecule has 0 aliphatic rings. The van der Waals surface area contributed by atoms with Crippen molar-refractivity contribution in [2.45, 2.75) is 13.0 Å². The number of aliphatic hydroxyl groups is 1. The topological polar surface area (TPSA) is 63.3 Å². The Bertz CT molecular complexity index is 354. The van der Waals surface area contributed by atoms with Gasteiger partial charge in [-0.05, 0) is 12.5 Å². The predicted molar refractivity (Wildman–Crippen MR) is 54.5 cm³/mol. The molecular formula is C11H13NO2. The van der Waals surface area contributed by atoms with E-state index >= 15 is 0 Å². The minimum atomic E-state index is -1.01. The highest BCUT2D eigenvalue weighted by molar-refractivity contribution is 5.92. The first kappa shape index (κ1) is 10.5. The van der Waals surface area contributed by atoms with Gasteiger partial charge in [0.25, 0.3) is 0 Å². The Morgan fingerprint density at radius 2 is 1.93 bits per heavy atom. The number of benzene rings is 1. The van der Waals surface area contributed by atoms with Crippen LogP contribution in [0.2, 0.25) is 0 Å². The third-order valence-corrected chi connectivity index (χ3v) is 2.04. The first-order chi connectivity index (χ1) is 6.52. The van der Waals surface area contributed by atoms with E-state index in [1.165, 1.54) is 0 Å². The number of carbonyl (C=O) groups excluding carboxylic acids is 1. The zero-order valence-corrected chi connectivity index (χ0v) is 8.03. The maximum atomic E-state index is 10.7. The van der Waals surface area contributed by atoms with E-state index in [1.807, 2.05) is 19.1 Å². The number of hydrogen-bond acceptors (Lipinski definition) is 2. The summed E-state index contributed by atoms with van der Waals surface area (Å²) in [6.07, 6.45) is -1.01. The van der Waals surface area contributed by atoms with Crippen molar-refractivity contribution in [1.82, 2.24) is 0 Å². The van der Waals surface area contributed by atoms with Crippen molar-refractivity contribution < 1.29 is 9.90 Å². The van der Waals surface area contributed by atoms with Crippen LogP contribution < -0.4 is 5.73 Å². The molecule has 1 amide bonds. The lowest BCUT2D eigenvalue weighted by Crippen LogP contribution is -2.18. The van der Waals surface area contributed by atoms with Crippen LogP contribution >= 0.6 is 0 Å². The van der Waals surface area contributed by atoms with Gasteiger partial charge in [-0.2, -0.15) is 0 Å². The Balaban J connectivity index is 2.89. The Morgan fingerprint density at radius 1 is 1.43 bits per heavy atom. The molecule has 74 valence electrons. The highest BCUT2D eigenvalue weighted by Gasteiger charge is 2.15. The fraction of sp³-hybridized carbons (Fsp3) is 0.182. The molecule has 0 aliphatic carbocycles. The first-order valence-electron chi connectivity index (χ1n) is 4.25. The summed E-state index contributed by atoms with van der Waals surface area (Å²) in [5.41, 5.74) is 6.73. The van der Waals surface area contributed by atoms with Gasteiger partial charge in [-0.1, -0.05) is 36.4 Å². The zero-order valence-electron chi connectivity index (χ0n) is 8.03. The normalized spacial score (nSPS) is 12.1. The second-order valence-electron chi connectivity index (χ2n) is 3.20. The van der Waals surface area contributed by atoms with E-state index in [4.69, 9.17) is 5.73 Å². The second-order valence-corrected chi connectivity index (χ2v) is 3.20. The molecule has 0 heterocycles. The maximum Gasteiger partial charge on any atom is 0.247 e. The Hall–Kier alpha value is -1.61. The minimum Gasteiger partial charge on any atom is -0.383 e. The summed E-state index contributed by atoms with van der Waals surface area (Å²) in [4.78, 5) is 10.7. The molecular weight excluding hydrogens is 178 g/mol. The van der Waals surface area contributed by atoms with Crippen LogP contribution in [0.25, 0.3) is 0 Å². The Morgan fingerprint density at radius 3 is 2.36 bits per heavy atom. The summed E-state index contributed by atoms with van der Waals surface area (Å²) in [5.74, 6) is -0.682. The van der Waals surface area contributed by atoms with Gasteiger partial charge < -0.3 is 10.8 Å². The summed E-state index contributed by atoms with van der Waals surface area (Å²) in [5, 5.41) is 9.65. The third kappa shape index (κ3) is 2.20. The summed E-state index contributed by atoms with van der Waals surface area (Å²) in [6.45, 7) is 5.37. The van der Waals surface area contributed by atoms with Crippen LogP contribution in [0.5, 0.6) is 0 Å². The number of nitrogens with two attached hydrogens (primary N) is 1. The van der Waals surface area contributed by atoms with Crippen LogP contribution in [0.4, 0.5) is 0 Å². The standard InChI is InChI=1S/C11H13NO2/c1-7-3-5-9(6-4-7)10(13)8(2)11(12)14/h3-6,10,13H,2H2,1H3,(H2,12,14)/t10-/m1/s1. The zero-order chi connectivity index (χ0) is 10.7. The van der Waals surface area contributed by atoms with E-state index in [0.717, 1.165) is 5.56 Å². The molecule has 3 nitrogen and oxygen atoms in total. The molecule has 1 atom stereocenters. The van der Waals surface area contributed by atoms with Crippen LogP contribution in [-0.4, -0.2) is 11.0 Å². The smallest absolute Gasteiger partial charge is 0.247 e.